The van der Waals surface area contributed by atoms with Gasteiger partial charge in [0.15, 0.2) is 0 Å². The van der Waals surface area contributed by atoms with Crippen LogP contribution < -0.4 is 10.1 Å². The summed E-state index contributed by atoms with van der Waals surface area (Å²) in [7, 11) is 0. The molecule has 1 fully saturated rings. The summed E-state index contributed by atoms with van der Waals surface area (Å²) < 4.78 is 29.5. The minimum absolute atomic E-state index is 0.00120. The number of benzene rings is 1. The minimum Gasteiger partial charge on any atom is -0.434 e. The van der Waals surface area contributed by atoms with E-state index >= 15 is 0 Å². The highest BCUT2D eigenvalue weighted by Crippen LogP contribution is 2.36. The zero-order valence-electron chi connectivity index (χ0n) is 12.9. The molecule has 1 saturated carbocycles. The third-order valence-electron chi connectivity index (χ3n) is 4.50. The van der Waals surface area contributed by atoms with Crippen molar-refractivity contribution in [1.82, 2.24) is 5.32 Å². The van der Waals surface area contributed by atoms with E-state index in [1.54, 1.807) is 12.1 Å². The van der Waals surface area contributed by atoms with Gasteiger partial charge < -0.3 is 10.1 Å². The molecule has 0 spiro atoms. The highest BCUT2D eigenvalue weighted by Gasteiger charge is 2.27. The smallest absolute Gasteiger partial charge is 0.387 e. The molecule has 1 unspecified atom stereocenters. The van der Waals surface area contributed by atoms with E-state index in [1.165, 1.54) is 32.1 Å². The number of halogens is 2. The van der Waals surface area contributed by atoms with E-state index in [1.807, 2.05) is 19.1 Å². The first kappa shape index (κ1) is 16.2. The number of nitrogens with one attached hydrogen (secondary N) is 1. The van der Waals surface area contributed by atoms with Crippen LogP contribution in [0.2, 0.25) is 0 Å². The van der Waals surface area contributed by atoms with Crippen LogP contribution in [0, 0.1) is 5.41 Å². The molecule has 2 rings (SSSR count). The van der Waals surface area contributed by atoms with Gasteiger partial charge in [-0.15, -0.1) is 0 Å². The van der Waals surface area contributed by atoms with Crippen LogP contribution in [0.25, 0.3) is 0 Å². The fourth-order valence-corrected chi connectivity index (χ4v) is 3.13. The maximum absolute atomic E-state index is 12.5. The first-order chi connectivity index (χ1) is 10.0. The Bertz CT molecular complexity index is 444. The van der Waals surface area contributed by atoms with Gasteiger partial charge in [-0.1, -0.05) is 44.4 Å². The Kier molecular flexibility index (Phi) is 5.57. The summed E-state index contributed by atoms with van der Waals surface area (Å²) in [6.45, 7) is 2.44. The average Bonchev–Trinajstić information content (AvgIpc) is 2.46. The SMILES string of the molecule is CC(NCC1(C)CCCCC1)c1ccccc1OC(F)F. The number of alkyl halides is 2. The van der Waals surface area contributed by atoms with E-state index < -0.39 is 6.61 Å². The largest absolute Gasteiger partial charge is 0.434 e. The van der Waals surface area contributed by atoms with E-state index in [0.717, 1.165) is 12.1 Å². The average molecular weight is 297 g/mol. The fourth-order valence-electron chi connectivity index (χ4n) is 3.13. The van der Waals surface area contributed by atoms with Gasteiger partial charge in [-0.05, 0) is 31.2 Å². The fraction of sp³-hybridized carbons (Fsp3) is 0.647. The molecule has 0 heterocycles. The first-order valence-electron chi connectivity index (χ1n) is 7.77. The second-order valence-corrected chi connectivity index (χ2v) is 6.39. The van der Waals surface area contributed by atoms with Crippen molar-refractivity contribution in [2.45, 2.75) is 58.6 Å². The molecule has 1 aromatic rings. The summed E-state index contributed by atoms with van der Waals surface area (Å²) >= 11 is 0. The van der Waals surface area contributed by atoms with E-state index in [4.69, 9.17) is 0 Å². The molecule has 1 atom stereocenters. The first-order valence-corrected chi connectivity index (χ1v) is 7.77. The van der Waals surface area contributed by atoms with Crippen LogP contribution >= 0.6 is 0 Å². The molecule has 118 valence electrons. The number of ether oxygens (including phenoxy) is 1. The molecule has 0 bridgehead atoms. The highest BCUT2D eigenvalue weighted by molar-refractivity contribution is 5.35. The van der Waals surface area contributed by atoms with Crippen molar-refractivity contribution in [3.8, 4) is 5.75 Å². The van der Waals surface area contributed by atoms with E-state index in [9.17, 15) is 8.78 Å². The van der Waals surface area contributed by atoms with Crippen LogP contribution in [0.3, 0.4) is 0 Å². The van der Waals surface area contributed by atoms with Crippen molar-refractivity contribution in [2.75, 3.05) is 6.54 Å². The number of hydrogen-bond donors (Lipinski definition) is 1. The lowest BCUT2D eigenvalue weighted by atomic mass is 9.75. The van der Waals surface area contributed by atoms with Crippen LogP contribution in [0.15, 0.2) is 24.3 Å². The van der Waals surface area contributed by atoms with Gasteiger partial charge in [0.25, 0.3) is 0 Å². The van der Waals surface area contributed by atoms with Crippen LogP contribution in [0.5, 0.6) is 5.75 Å². The lowest BCUT2D eigenvalue weighted by molar-refractivity contribution is -0.0507. The molecule has 0 radical (unpaired) electrons. The molecule has 4 heteroatoms. The van der Waals surface area contributed by atoms with Gasteiger partial charge in [-0.3, -0.25) is 0 Å². The Hall–Kier alpha value is -1.16. The number of hydrogen-bond acceptors (Lipinski definition) is 2. The topological polar surface area (TPSA) is 21.3 Å². The summed E-state index contributed by atoms with van der Waals surface area (Å²) in [5.74, 6) is 0.265. The molecule has 0 aliphatic heterocycles. The van der Waals surface area contributed by atoms with Crippen molar-refractivity contribution in [1.29, 1.82) is 0 Å². The molecule has 1 N–H and O–H groups in total. The van der Waals surface area contributed by atoms with E-state index in [2.05, 4.69) is 17.0 Å². The van der Waals surface area contributed by atoms with Gasteiger partial charge in [0, 0.05) is 18.2 Å². The second kappa shape index (κ2) is 7.21. The lowest BCUT2D eigenvalue weighted by Crippen LogP contribution is -2.35. The van der Waals surface area contributed by atoms with Gasteiger partial charge in [0.1, 0.15) is 5.75 Å². The van der Waals surface area contributed by atoms with Crippen LogP contribution in [0.1, 0.15) is 57.6 Å². The van der Waals surface area contributed by atoms with Gasteiger partial charge in [-0.25, -0.2) is 0 Å². The third-order valence-corrected chi connectivity index (χ3v) is 4.50. The molecule has 21 heavy (non-hydrogen) atoms. The van der Waals surface area contributed by atoms with E-state index in [-0.39, 0.29) is 11.8 Å². The second-order valence-electron chi connectivity index (χ2n) is 6.39. The zero-order valence-corrected chi connectivity index (χ0v) is 12.9. The van der Waals surface area contributed by atoms with Crippen molar-refractivity contribution in [3.05, 3.63) is 29.8 Å². The summed E-state index contributed by atoms with van der Waals surface area (Å²) in [4.78, 5) is 0. The van der Waals surface area contributed by atoms with Crippen LogP contribution in [-0.4, -0.2) is 13.2 Å². The van der Waals surface area contributed by atoms with Gasteiger partial charge >= 0.3 is 6.61 Å². The van der Waals surface area contributed by atoms with Crippen molar-refractivity contribution < 1.29 is 13.5 Å². The Balaban J connectivity index is 1.98. The van der Waals surface area contributed by atoms with Gasteiger partial charge in [0.05, 0.1) is 0 Å². The maximum Gasteiger partial charge on any atom is 0.387 e. The standard InChI is InChI=1S/C17H25F2NO/c1-13(20-12-17(2)10-6-3-7-11-17)14-8-4-5-9-15(14)21-16(18)19/h4-5,8-9,13,16,20H,3,6-7,10-12H2,1-2H3. The normalized spacial score (nSPS) is 19.5. The van der Waals surface area contributed by atoms with Crippen LogP contribution in [-0.2, 0) is 0 Å². The summed E-state index contributed by atoms with van der Waals surface area (Å²) in [6, 6.07) is 7.02. The number of rotatable bonds is 6. The third kappa shape index (κ3) is 4.67. The number of para-hydroxylation sites is 1. The van der Waals surface area contributed by atoms with Gasteiger partial charge in [0.2, 0.25) is 0 Å². The zero-order chi connectivity index (χ0) is 15.3. The Morgan fingerprint density at radius 3 is 2.52 bits per heavy atom. The predicted molar refractivity (Wildman–Crippen MR) is 80.7 cm³/mol. The predicted octanol–water partition coefficient (Wildman–Crippen LogP) is 4.91. The molecule has 1 aliphatic rings. The van der Waals surface area contributed by atoms with Crippen molar-refractivity contribution in [3.63, 3.8) is 0 Å². The molecular formula is C17H25F2NO. The minimum atomic E-state index is -2.78. The molecular weight excluding hydrogens is 272 g/mol. The highest BCUT2D eigenvalue weighted by atomic mass is 19.3. The summed E-state index contributed by atoms with van der Waals surface area (Å²) in [5, 5.41) is 3.50. The molecule has 1 aliphatic carbocycles. The molecule has 1 aromatic carbocycles. The quantitative estimate of drug-likeness (QED) is 0.805. The Labute approximate surface area is 125 Å². The summed E-state index contributed by atoms with van der Waals surface area (Å²) in [6.07, 6.45) is 6.38. The van der Waals surface area contributed by atoms with Gasteiger partial charge in [-0.2, -0.15) is 8.78 Å². The molecule has 2 nitrogen and oxygen atoms in total. The van der Waals surface area contributed by atoms with E-state index in [0.29, 0.717) is 5.41 Å². The maximum atomic E-state index is 12.5. The Morgan fingerprint density at radius 2 is 1.86 bits per heavy atom. The monoisotopic (exact) mass is 297 g/mol. The molecule has 0 amide bonds. The Morgan fingerprint density at radius 1 is 1.19 bits per heavy atom. The molecule has 0 aromatic heterocycles. The lowest BCUT2D eigenvalue weighted by Gasteiger charge is -2.35. The molecule has 0 saturated heterocycles. The summed E-state index contributed by atoms with van der Waals surface area (Å²) in [5.41, 5.74) is 1.11. The van der Waals surface area contributed by atoms with Crippen molar-refractivity contribution >= 4 is 0 Å². The van der Waals surface area contributed by atoms with Crippen molar-refractivity contribution in [2.24, 2.45) is 5.41 Å². The van der Waals surface area contributed by atoms with Crippen LogP contribution in [0.4, 0.5) is 8.78 Å².